The number of likely N-dealkylation sites (tertiary alicyclic amines) is 1. The number of ether oxygens (including phenoxy) is 1. The number of carboxylic acid groups (broad SMARTS) is 1. The second kappa shape index (κ2) is 4.28. The van der Waals surface area contributed by atoms with Gasteiger partial charge < -0.3 is 9.84 Å². The summed E-state index contributed by atoms with van der Waals surface area (Å²) < 4.78 is 5.50. The fourth-order valence-corrected chi connectivity index (χ4v) is 1.97. The van der Waals surface area contributed by atoms with Gasteiger partial charge in [0.05, 0.1) is 19.1 Å². The average Bonchev–Trinajstić information content (AvgIpc) is 2.87. The Hall–Kier alpha value is -0.610. The van der Waals surface area contributed by atoms with Crippen LogP contribution in [0.15, 0.2) is 0 Å². The fraction of sp³-hybridized carbons (Fsp3) is 0.900. The van der Waals surface area contributed by atoms with Crippen LogP contribution in [-0.2, 0) is 9.53 Å². The van der Waals surface area contributed by atoms with E-state index in [1.165, 1.54) is 12.8 Å². The van der Waals surface area contributed by atoms with Gasteiger partial charge >= 0.3 is 5.97 Å². The molecule has 14 heavy (non-hydrogen) atoms. The van der Waals surface area contributed by atoms with Crippen LogP contribution in [0.5, 0.6) is 0 Å². The Morgan fingerprint density at radius 2 is 2.21 bits per heavy atom. The smallest absolute Gasteiger partial charge is 0.305 e. The highest BCUT2D eigenvalue weighted by molar-refractivity contribution is 5.66. The van der Waals surface area contributed by atoms with Crippen molar-refractivity contribution < 1.29 is 14.6 Å². The molecule has 80 valence electrons. The van der Waals surface area contributed by atoms with Crippen LogP contribution in [0.4, 0.5) is 0 Å². The Morgan fingerprint density at radius 3 is 2.86 bits per heavy atom. The Labute approximate surface area is 83.8 Å². The molecule has 4 heteroatoms. The van der Waals surface area contributed by atoms with Crippen LogP contribution in [0.3, 0.4) is 0 Å². The van der Waals surface area contributed by atoms with Gasteiger partial charge in [-0.05, 0) is 19.3 Å². The van der Waals surface area contributed by atoms with Gasteiger partial charge in [-0.1, -0.05) is 0 Å². The third-order valence-corrected chi connectivity index (χ3v) is 2.91. The Kier molecular flexibility index (Phi) is 3.03. The summed E-state index contributed by atoms with van der Waals surface area (Å²) in [6.45, 7) is 2.49. The van der Waals surface area contributed by atoms with Crippen molar-refractivity contribution >= 4 is 5.97 Å². The van der Waals surface area contributed by atoms with E-state index >= 15 is 0 Å². The lowest BCUT2D eigenvalue weighted by Crippen LogP contribution is -2.25. The van der Waals surface area contributed by atoms with E-state index in [2.05, 4.69) is 4.90 Å². The van der Waals surface area contributed by atoms with Crippen LogP contribution in [0.1, 0.15) is 25.7 Å². The summed E-state index contributed by atoms with van der Waals surface area (Å²) in [6.07, 6.45) is 4.13. The standard InChI is InChI=1S/C10H17NO3/c12-10(13)4-6-14-9-3-5-11(7-9)8-1-2-8/h8-9H,1-7H2,(H,12,13). The lowest BCUT2D eigenvalue weighted by molar-refractivity contribution is -0.138. The molecule has 0 aromatic heterocycles. The van der Waals surface area contributed by atoms with E-state index in [4.69, 9.17) is 9.84 Å². The summed E-state index contributed by atoms with van der Waals surface area (Å²) in [5, 5.41) is 8.45. The highest BCUT2D eigenvalue weighted by Gasteiger charge is 2.34. The largest absolute Gasteiger partial charge is 0.481 e. The maximum absolute atomic E-state index is 10.3. The van der Waals surface area contributed by atoms with Crippen LogP contribution in [0, 0.1) is 0 Å². The first-order valence-corrected chi connectivity index (χ1v) is 5.33. The fourth-order valence-electron chi connectivity index (χ4n) is 1.97. The normalized spacial score (nSPS) is 28.1. The first kappa shape index (κ1) is 9.93. The van der Waals surface area contributed by atoms with Crippen LogP contribution >= 0.6 is 0 Å². The molecule has 1 saturated carbocycles. The molecule has 2 aliphatic rings. The molecule has 0 spiro atoms. The molecule has 0 amide bonds. The molecule has 1 atom stereocenters. The molecule has 1 aliphatic carbocycles. The van der Waals surface area contributed by atoms with Crippen molar-refractivity contribution in [2.24, 2.45) is 0 Å². The van der Waals surface area contributed by atoms with Gasteiger partial charge in [-0.25, -0.2) is 0 Å². The molecule has 1 saturated heterocycles. The molecule has 2 rings (SSSR count). The molecule has 2 fully saturated rings. The average molecular weight is 199 g/mol. The predicted molar refractivity (Wildman–Crippen MR) is 51.2 cm³/mol. The van der Waals surface area contributed by atoms with Crippen LogP contribution in [0.2, 0.25) is 0 Å². The third kappa shape index (κ3) is 2.69. The van der Waals surface area contributed by atoms with Gasteiger partial charge in [-0.15, -0.1) is 0 Å². The van der Waals surface area contributed by atoms with E-state index < -0.39 is 5.97 Å². The molecule has 1 heterocycles. The highest BCUT2D eigenvalue weighted by Crippen LogP contribution is 2.30. The number of hydrogen-bond acceptors (Lipinski definition) is 3. The van der Waals surface area contributed by atoms with E-state index in [9.17, 15) is 4.79 Å². The molecule has 1 N–H and O–H groups in total. The molecule has 0 radical (unpaired) electrons. The highest BCUT2D eigenvalue weighted by atomic mass is 16.5. The topological polar surface area (TPSA) is 49.8 Å². The van der Waals surface area contributed by atoms with Crippen molar-refractivity contribution in [3.63, 3.8) is 0 Å². The first-order chi connectivity index (χ1) is 6.75. The number of carbonyl (C=O) groups is 1. The summed E-state index contributed by atoms with van der Waals surface area (Å²) in [4.78, 5) is 12.7. The van der Waals surface area contributed by atoms with Crippen molar-refractivity contribution in [3.8, 4) is 0 Å². The lowest BCUT2D eigenvalue weighted by Gasteiger charge is -2.14. The number of carboxylic acids is 1. The zero-order valence-corrected chi connectivity index (χ0v) is 8.32. The Bertz CT molecular complexity index is 215. The number of rotatable bonds is 5. The zero-order chi connectivity index (χ0) is 9.97. The summed E-state index contributed by atoms with van der Waals surface area (Å²) in [6, 6.07) is 0.808. The molecule has 4 nitrogen and oxygen atoms in total. The van der Waals surface area contributed by atoms with Crippen molar-refractivity contribution in [2.45, 2.75) is 37.8 Å². The Balaban J connectivity index is 1.60. The van der Waals surface area contributed by atoms with E-state index in [1.54, 1.807) is 0 Å². The quantitative estimate of drug-likeness (QED) is 0.708. The van der Waals surface area contributed by atoms with Crippen LogP contribution in [0.25, 0.3) is 0 Å². The second-order valence-electron chi connectivity index (χ2n) is 4.15. The van der Waals surface area contributed by atoms with Crippen molar-refractivity contribution in [1.29, 1.82) is 0 Å². The maximum Gasteiger partial charge on any atom is 0.305 e. The van der Waals surface area contributed by atoms with E-state index in [-0.39, 0.29) is 12.5 Å². The van der Waals surface area contributed by atoms with Crippen LogP contribution < -0.4 is 0 Å². The predicted octanol–water partition coefficient (Wildman–Crippen LogP) is 0.714. The summed E-state index contributed by atoms with van der Waals surface area (Å²) >= 11 is 0. The Morgan fingerprint density at radius 1 is 1.43 bits per heavy atom. The van der Waals surface area contributed by atoms with Gasteiger partial charge in [0.2, 0.25) is 0 Å². The minimum absolute atomic E-state index is 0.125. The van der Waals surface area contributed by atoms with Gasteiger partial charge in [-0.3, -0.25) is 9.69 Å². The van der Waals surface area contributed by atoms with Crippen LogP contribution in [-0.4, -0.2) is 47.8 Å². The van der Waals surface area contributed by atoms with Gasteiger partial charge in [0.15, 0.2) is 0 Å². The molecule has 1 aliphatic heterocycles. The molecular weight excluding hydrogens is 182 g/mol. The van der Waals surface area contributed by atoms with E-state index in [0.717, 1.165) is 25.6 Å². The SMILES string of the molecule is O=C(O)CCOC1CCN(C2CC2)C1. The second-order valence-corrected chi connectivity index (χ2v) is 4.15. The number of nitrogens with zero attached hydrogens (tertiary/aromatic N) is 1. The number of aliphatic carboxylic acids is 1. The van der Waals surface area contributed by atoms with Gasteiger partial charge in [0.1, 0.15) is 0 Å². The molecule has 0 aromatic rings. The summed E-state index contributed by atoms with van der Waals surface area (Å²) in [7, 11) is 0. The number of hydrogen-bond donors (Lipinski definition) is 1. The van der Waals surface area contributed by atoms with Crippen molar-refractivity contribution in [3.05, 3.63) is 0 Å². The van der Waals surface area contributed by atoms with E-state index in [0.29, 0.717) is 6.61 Å². The molecule has 1 unspecified atom stereocenters. The molecule has 0 bridgehead atoms. The van der Waals surface area contributed by atoms with Gasteiger partial charge in [0.25, 0.3) is 0 Å². The summed E-state index contributed by atoms with van der Waals surface area (Å²) in [5.41, 5.74) is 0. The maximum atomic E-state index is 10.3. The lowest BCUT2D eigenvalue weighted by atomic mass is 10.3. The van der Waals surface area contributed by atoms with Crippen molar-refractivity contribution in [2.75, 3.05) is 19.7 Å². The monoisotopic (exact) mass is 199 g/mol. The van der Waals surface area contributed by atoms with Gasteiger partial charge in [0, 0.05) is 19.1 Å². The molecule has 0 aromatic carbocycles. The minimum Gasteiger partial charge on any atom is -0.481 e. The third-order valence-electron chi connectivity index (χ3n) is 2.91. The van der Waals surface area contributed by atoms with Crippen molar-refractivity contribution in [1.82, 2.24) is 4.90 Å². The van der Waals surface area contributed by atoms with Gasteiger partial charge in [-0.2, -0.15) is 0 Å². The first-order valence-electron chi connectivity index (χ1n) is 5.33. The molecular formula is C10H17NO3. The zero-order valence-electron chi connectivity index (χ0n) is 8.32. The minimum atomic E-state index is -0.776. The van der Waals surface area contributed by atoms with E-state index in [1.807, 2.05) is 0 Å². The summed E-state index contributed by atoms with van der Waals surface area (Å²) in [5.74, 6) is -0.776.